The maximum absolute atomic E-state index is 12.9. The van der Waals surface area contributed by atoms with Crippen molar-refractivity contribution in [1.82, 2.24) is 19.3 Å². The van der Waals surface area contributed by atoms with E-state index < -0.39 is 0 Å². The topological polar surface area (TPSA) is 81.8 Å². The molecule has 0 aliphatic heterocycles. The number of rotatable bonds is 3. The molecule has 0 aliphatic rings. The molecule has 1 N–H and O–H groups in total. The van der Waals surface area contributed by atoms with E-state index in [1.807, 2.05) is 0 Å². The predicted molar refractivity (Wildman–Crippen MR) is 106 cm³/mol. The number of amides is 1. The molecule has 0 spiro atoms. The smallest absolute Gasteiger partial charge is 0.266 e. The molecule has 1 amide bonds. The Balaban J connectivity index is 1.78. The number of benzene rings is 1. The lowest BCUT2D eigenvalue weighted by Gasteiger charge is -2.12. The average molecular weight is 400 g/mol. The first-order valence-electron chi connectivity index (χ1n) is 8.02. The molecule has 9 heteroatoms. The fourth-order valence-corrected chi connectivity index (χ4v) is 4.15. The number of fused-ring (bicyclic) bond motifs is 1. The second-order valence-electron chi connectivity index (χ2n) is 5.94. The lowest BCUT2D eigenvalue weighted by Crippen LogP contribution is -2.17. The van der Waals surface area contributed by atoms with Gasteiger partial charge in [-0.25, -0.2) is 9.67 Å². The van der Waals surface area contributed by atoms with Crippen LogP contribution in [-0.4, -0.2) is 25.2 Å². The van der Waals surface area contributed by atoms with Gasteiger partial charge in [-0.15, -0.1) is 11.3 Å². The molecule has 0 aliphatic carbocycles. The van der Waals surface area contributed by atoms with Crippen LogP contribution in [0.5, 0.6) is 0 Å². The van der Waals surface area contributed by atoms with Gasteiger partial charge in [-0.2, -0.15) is 5.10 Å². The third-order valence-electron chi connectivity index (χ3n) is 4.19. The fraction of sp³-hybridized carbons (Fsp3) is 0.111. The molecule has 0 atom stereocenters. The molecule has 0 fully saturated rings. The molecule has 0 radical (unpaired) electrons. The van der Waals surface area contributed by atoms with Crippen molar-refractivity contribution >= 4 is 44.7 Å². The van der Waals surface area contributed by atoms with Gasteiger partial charge in [0.25, 0.3) is 11.5 Å². The number of thiophene rings is 1. The van der Waals surface area contributed by atoms with Gasteiger partial charge in [0.05, 0.1) is 27.3 Å². The minimum atomic E-state index is -0.326. The van der Waals surface area contributed by atoms with E-state index in [0.29, 0.717) is 37.1 Å². The first kappa shape index (κ1) is 17.4. The van der Waals surface area contributed by atoms with Gasteiger partial charge in [-0.3, -0.25) is 9.59 Å². The summed E-state index contributed by atoms with van der Waals surface area (Å²) in [5, 5.41) is 8.00. The van der Waals surface area contributed by atoms with Crippen LogP contribution in [-0.2, 0) is 7.05 Å². The molecule has 136 valence electrons. The molecule has 0 saturated heterocycles. The number of anilines is 1. The summed E-state index contributed by atoms with van der Waals surface area (Å²) in [6.45, 7) is 1.75. The Kier molecular flexibility index (Phi) is 4.29. The van der Waals surface area contributed by atoms with E-state index in [1.165, 1.54) is 22.2 Å². The van der Waals surface area contributed by atoms with Crippen LogP contribution in [0.3, 0.4) is 0 Å². The van der Waals surface area contributed by atoms with E-state index in [4.69, 9.17) is 11.6 Å². The normalized spacial score (nSPS) is 11.1. The largest absolute Gasteiger partial charge is 0.319 e. The highest BCUT2D eigenvalue weighted by Gasteiger charge is 2.20. The Morgan fingerprint density at radius 3 is 2.85 bits per heavy atom. The number of aryl methyl sites for hydroxylation is 2. The number of nitrogens with one attached hydrogen (secondary N) is 1. The van der Waals surface area contributed by atoms with Crippen molar-refractivity contribution in [3.05, 3.63) is 68.8 Å². The lowest BCUT2D eigenvalue weighted by atomic mass is 10.2. The van der Waals surface area contributed by atoms with E-state index in [2.05, 4.69) is 15.4 Å². The van der Waals surface area contributed by atoms with E-state index in [-0.39, 0.29) is 11.5 Å². The molecular weight excluding hydrogens is 386 g/mol. The molecule has 27 heavy (non-hydrogen) atoms. The highest BCUT2D eigenvalue weighted by atomic mass is 35.5. The van der Waals surface area contributed by atoms with Crippen molar-refractivity contribution in [3.8, 4) is 5.69 Å². The standard InChI is InChI=1S/C18H14ClN5O2S/c1-10-13-17(20-9-23(2)18(13)26)27-15(10)16(25)22-12-6-3-5-11(19)14(12)24-8-4-7-21-24/h3-9H,1-2H3,(H,22,25). The second kappa shape index (κ2) is 6.64. The quantitative estimate of drug-likeness (QED) is 0.572. The second-order valence-corrected chi connectivity index (χ2v) is 7.34. The highest BCUT2D eigenvalue weighted by Crippen LogP contribution is 2.31. The van der Waals surface area contributed by atoms with Gasteiger partial charge in [-0.1, -0.05) is 17.7 Å². The zero-order valence-electron chi connectivity index (χ0n) is 14.4. The van der Waals surface area contributed by atoms with Crippen LogP contribution in [0.25, 0.3) is 15.9 Å². The number of para-hydroxylation sites is 1. The van der Waals surface area contributed by atoms with Gasteiger partial charge in [-0.05, 0) is 30.7 Å². The molecule has 4 aromatic rings. The zero-order valence-corrected chi connectivity index (χ0v) is 16.0. The Hall–Kier alpha value is -2.97. The summed E-state index contributed by atoms with van der Waals surface area (Å²) in [5.74, 6) is -0.326. The van der Waals surface area contributed by atoms with Gasteiger partial charge in [0, 0.05) is 19.4 Å². The number of nitrogens with zero attached hydrogens (tertiary/aromatic N) is 4. The first-order valence-corrected chi connectivity index (χ1v) is 9.21. The summed E-state index contributed by atoms with van der Waals surface area (Å²) in [4.78, 5) is 30.5. The minimum absolute atomic E-state index is 0.173. The number of hydrogen-bond donors (Lipinski definition) is 1. The third-order valence-corrected chi connectivity index (χ3v) is 5.69. The van der Waals surface area contributed by atoms with Crippen LogP contribution < -0.4 is 10.9 Å². The Morgan fingerprint density at radius 1 is 1.30 bits per heavy atom. The Labute approximate surface area is 162 Å². The number of carbonyl (C=O) groups excluding carboxylic acids is 1. The van der Waals surface area contributed by atoms with Gasteiger partial charge in [0.2, 0.25) is 0 Å². The highest BCUT2D eigenvalue weighted by molar-refractivity contribution is 7.20. The summed E-state index contributed by atoms with van der Waals surface area (Å²) in [7, 11) is 1.63. The van der Waals surface area contributed by atoms with Crippen molar-refractivity contribution in [2.75, 3.05) is 5.32 Å². The molecule has 3 heterocycles. The molecule has 0 unspecified atom stereocenters. The Morgan fingerprint density at radius 2 is 2.11 bits per heavy atom. The van der Waals surface area contributed by atoms with Crippen molar-refractivity contribution in [3.63, 3.8) is 0 Å². The first-order chi connectivity index (χ1) is 13.0. The van der Waals surface area contributed by atoms with Gasteiger partial charge < -0.3 is 9.88 Å². The predicted octanol–water partition coefficient (Wildman–Crippen LogP) is 3.39. The fourth-order valence-electron chi connectivity index (χ4n) is 2.85. The van der Waals surface area contributed by atoms with Crippen molar-refractivity contribution in [2.45, 2.75) is 6.92 Å². The van der Waals surface area contributed by atoms with Crippen LogP contribution in [0.4, 0.5) is 5.69 Å². The monoisotopic (exact) mass is 399 g/mol. The molecule has 0 bridgehead atoms. The molecule has 0 saturated carbocycles. The summed E-state index contributed by atoms with van der Waals surface area (Å²) in [5.41, 5.74) is 1.54. The number of hydrogen-bond acceptors (Lipinski definition) is 5. The summed E-state index contributed by atoms with van der Waals surface area (Å²) in [6, 6.07) is 7.00. The number of aromatic nitrogens is 4. The van der Waals surface area contributed by atoms with Crippen molar-refractivity contribution in [2.24, 2.45) is 7.05 Å². The van der Waals surface area contributed by atoms with Gasteiger partial charge in [0.15, 0.2) is 0 Å². The van der Waals surface area contributed by atoms with E-state index in [1.54, 1.807) is 55.3 Å². The van der Waals surface area contributed by atoms with E-state index >= 15 is 0 Å². The SMILES string of the molecule is Cc1c(C(=O)Nc2cccc(Cl)c2-n2cccn2)sc2ncn(C)c(=O)c12. The molecule has 7 nitrogen and oxygen atoms in total. The van der Waals surface area contributed by atoms with Gasteiger partial charge in [0.1, 0.15) is 10.5 Å². The van der Waals surface area contributed by atoms with Crippen LogP contribution >= 0.6 is 22.9 Å². The zero-order chi connectivity index (χ0) is 19.1. The van der Waals surface area contributed by atoms with Crippen LogP contribution in [0.15, 0.2) is 47.8 Å². The number of halogens is 1. The number of carbonyl (C=O) groups is 1. The van der Waals surface area contributed by atoms with E-state index in [9.17, 15) is 9.59 Å². The Bertz CT molecular complexity index is 1230. The summed E-state index contributed by atoms with van der Waals surface area (Å²) < 4.78 is 2.99. The van der Waals surface area contributed by atoms with Crippen LogP contribution in [0.2, 0.25) is 5.02 Å². The molecule has 4 rings (SSSR count). The summed E-state index contributed by atoms with van der Waals surface area (Å²) in [6.07, 6.45) is 4.83. The van der Waals surface area contributed by atoms with Crippen LogP contribution in [0, 0.1) is 6.92 Å². The lowest BCUT2D eigenvalue weighted by molar-refractivity contribution is 0.103. The van der Waals surface area contributed by atoms with Gasteiger partial charge >= 0.3 is 0 Å². The third kappa shape index (κ3) is 2.92. The van der Waals surface area contributed by atoms with Crippen molar-refractivity contribution in [1.29, 1.82) is 0 Å². The summed E-state index contributed by atoms with van der Waals surface area (Å²) >= 11 is 7.51. The maximum Gasteiger partial charge on any atom is 0.266 e. The molecular formula is C18H14ClN5O2S. The van der Waals surface area contributed by atoms with Crippen LogP contribution in [0.1, 0.15) is 15.2 Å². The maximum atomic E-state index is 12.9. The minimum Gasteiger partial charge on any atom is -0.319 e. The van der Waals surface area contributed by atoms with Crippen molar-refractivity contribution < 1.29 is 4.79 Å². The average Bonchev–Trinajstić information content (AvgIpc) is 3.27. The molecule has 3 aromatic heterocycles. The molecule has 1 aromatic carbocycles. The van der Waals surface area contributed by atoms with E-state index in [0.717, 1.165) is 0 Å².